The summed E-state index contributed by atoms with van der Waals surface area (Å²) >= 11 is 0. The molecule has 3 N–H and O–H groups in total. The number of urea groups is 1. The number of carbonyl (C=O) groups excluding carboxylic acids is 1. The van der Waals surface area contributed by atoms with Gasteiger partial charge in [0.15, 0.2) is 0 Å². The predicted molar refractivity (Wildman–Crippen MR) is 78.3 cm³/mol. The van der Waals surface area contributed by atoms with Crippen LogP contribution in [0.15, 0.2) is 24.4 Å². The molecular formula is C15H20N4O. The summed E-state index contributed by atoms with van der Waals surface area (Å²) in [7, 11) is 0. The zero-order valence-electron chi connectivity index (χ0n) is 11.5. The number of benzene rings is 1. The molecule has 0 bridgehead atoms. The number of carbonyl (C=O) groups is 1. The minimum absolute atomic E-state index is 0.0680. The lowest BCUT2D eigenvalue weighted by Gasteiger charge is -2.22. The largest absolute Gasteiger partial charge is 0.335 e. The molecule has 0 saturated heterocycles. The number of aromatic nitrogens is 2. The molecule has 1 aromatic carbocycles. The first kappa shape index (κ1) is 13.0. The summed E-state index contributed by atoms with van der Waals surface area (Å²) < 4.78 is 0. The topological polar surface area (TPSA) is 69.8 Å². The molecule has 2 aromatic rings. The van der Waals surface area contributed by atoms with Crippen LogP contribution in [0.3, 0.4) is 0 Å². The van der Waals surface area contributed by atoms with Crippen LogP contribution in [0.4, 0.5) is 4.79 Å². The molecule has 0 atom stereocenters. The van der Waals surface area contributed by atoms with E-state index in [9.17, 15) is 4.79 Å². The second kappa shape index (κ2) is 5.94. The molecular weight excluding hydrogens is 252 g/mol. The Morgan fingerprint density at radius 1 is 1.30 bits per heavy atom. The molecule has 5 heteroatoms. The number of nitrogens with one attached hydrogen (secondary N) is 3. The summed E-state index contributed by atoms with van der Waals surface area (Å²) in [6, 6.07) is 6.32. The molecule has 3 rings (SSSR count). The zero-order chi connectivity index (χ0) is 13.8. The van der Waals surface area contributed by atoms with Gasteiger partial charge in [0, 0.05) is 18.0 Å². The SMILES string of the molecule is O=C(NCc1ccc2cn[nH]c2c1)NC1CCCCC1. The van der Waals surface area contributed by atoms with Gasteiger partial charge in [0.25, 0.3) is 0 Å². The van der Waals surface area contributed by atoms with Crippen LogP contribution in [0.2, 0.25) is 0 Å². The van der Waals surface area contributed by atoms with Crippen molar-refractivity contribution in [2.45, 2.75) is 44.7 Å². The van der Waals surface area contributed by atoms with E-state index in [0.29, 0.717) is 12.6 Å². The normalized spacial score (nSPS) is 16.2. The van der Waals surface area contributed by atoms with Gasteiger partial charge in [0.1, 0.15) is 0 Å². The number of hydrogen-bond acceptors (Lipinski definition) is 2. The van der Waals surface area contributed by atoms with E-state index in [4.69, 9.17) is 0 Å². The van der Waals surface area contributed by atoms with Crippen LogP contribution in [0.25, 0.3) is 10.9 Å². The number of fused-ring (bicyclic) bond motifs is 1. The summed E-state index contributed by atoms with van der Waals surface area (Å²) in [6.07, 6.45) is 7.75. The second-order valence-corrected chi connectivity index (χ2v) is 5.45. The Bertz CT molecular complexity index is 586. The average molecular weight is 272 g/mol. The van der Waals surface area contributed by atoms with E-state index in [1.54, 1.807) is 6.20 Å². The fraction of sp³-hybridized carbons (Fsp3) is 0.467. The predicted octanol–water partition coefficient (Wildman–Crippen LogP) is 2.69. The Kier molecular flexibility index (Phi) is 3.85. The standard InChI is InChI=1S/C15H20N4O/c20-15(18-13-4-2-1-3-5-13)16-9-11-6-7-12-10-17-19-14(12)8-11/h6-8,10,13H,1-5,9H2,(H,17,19)(H2,16,18,20). The third kappa shape index (κ3) is 3.10. The van der Waals surface area contributed by atoms with Crippen molar-refractivity contribution in [2.24, 2.45) is 0 Å². The number of rotatable bonds is 3. The van der Waals surface area contributed by atoms with E-state index < -0.39 is 0 Å². The van der Waals surface area contributed by atoms with Gasteiger partial charge < -0.3 is 10.6 Å². The summed E-state index contributed by atoms with van der Waals surface area (Å²) in [5.74, 6) is 0. The van der Waals surface area contributed by atoms with Crippen molar-refractivity contribution in [1.29, 1.82) is 0 Å². The summed E-state index contributed by atoms with van der Waals surface area (Å²) in [5.41, 5.74) is 2.07. The van der Waals surface area contributed by atoms with Crippen molar-refractivity contribution >= 4 is 16.9 Å². The number of aromatic amines is 1. The summed E-state index contributed by atoms with van der Waals surface area (Å²) in [6.45, 7) is 0.535. The molecule has 1 fully saturated rings. The van der Waals surface area contributed by atoms with Gasteiger partial charge in [0.2, 0.25) is 0 Å². The average Bonchev–Trinajstić information content (AvgIpc) is 2.93. The number of hydrogen-bond donors (Lipinski definition) is 3. The highest BCUT2D eigenvalue weighted by atomic mass is 16.2. The lowest BCUT2D eigenvalue weighted by molar-refractivity contribution is 0.232. The van der Waals surface area contributed by atoms with Crippen LogP contribution in [0.5, 0.6) is 0 Å². The van der Waals surface area contributed by atoms with Crippen LogP contribution in [-0.4, -0.2) is 22.3 Å². The summed E-state index contributed by atoms with van der Waals surface area (Å²) in [5, 5.41) is 14.0. The summed E-state index contributed by atoms with van der Waals surface area (Å²) in [4.78, 5) is 11.9. The van der Waals surface area contributed by atoms with Gasteiger partial charge in [0.05, 0.1) is 11.7 Å². The molecule has 1 heterocycles. The van der Waals surface area contributed by atoms with Gasteiger partial charge in [-0.15, -0.1) is 0 Å². The maximum atomic E-state index is 11.9. The first-order chi connectivity index (χ1) is 9.81. The van der Waals surface area contributed by atoms with Crippen molar-refractivity contribution in [3.8, 4) is 0 Å². The lowest BCUT2D eigenvalue weighted by Crippen LogP contribution is -2.42. The van der Waals surface area contributed by atoms with Crippen molar-refractivity contribution in [3.63, 3.8) is 0 Å². The van der Waals surface area contributed by atoms with Crippen molar-refractivity contribution < 1.29 is 4.79 Å². The van der Waals surface area contributed by atoms with E-state index in [2.05, 4.69) is 20.8 Å². The van der Waals surface area contributed by atoms with E-state index in [0.717, 1.165) is 29.3 Å². The minimum Gasteiger partial charge on any atom is -0.335 e. The van der Waals surface area contributed by atoms with Crippen molar-refractivity contribution in [3.05, 3.63) is 30.0 Å². The fourth-order valence-electron chi connectivity index (χ4n) is 2.76. The highest BCUT2D eigenvalue weighted by molar-refractivity contribution is 5.79. The Balaban J connectivity index is 1.51. The van der Waals surface area contributed by atoms with Crippen LogP contribution < -0.4 is 10.6 Å². The highest BCUT2D eigenvalue weighted by Gasteiger charge is 2.15. The third-order valence-corrected chi connectivity index (χ3v) is 3.90. The van der Waals surface area contributed by atoms with Gasteiger partial charge in [-0.3, -0.25) is 5.10 Å². The van der Waals surface area contributed by atoms with Crippen LogP contribution >= 0.6 is 0 Å². The Morgan fingerprint density at radius 2 is 2.15 bits per heavy atom. The number of nitrogens with zero attached hydrogens (tertiary/aromatic N) is 1. The molecule has 106 valence electrons. The van der Waals surface area contributed by atoms with Gasteiger partial charge >= 0.3 is 6.03 Å². The van der Waals surface area contributed by atoms with E-state index in [-0.39, 0.29) is 6.03 Å². The smallest absolute Gasteiger partial charge is 0.315 e. The first-order valence-electron chi connectivity index (χ1n) is 7.27. The zero-order valence-corrected chi connectivity index (χ0v) is 11.5. The lowest BCUT2D eigenvalue weighted by atomic mass is 9.96. The molecule has 0 aliphatic heterocycles. The molecule has 2 amide bonds. The molecule has 5 nitrogen and oxygen atoms in total. The van der Waals surface area contributed by atoms with Crippen molar-refractivity contribution in [2.75, 3.05) is 0 Å². The minimum atomic E-state index is -0.0680. The second-order valence-electron chi connectivity index (χ2n) is 5.45. The monoisotopic (exact) mass is 272 g/mol. The highest BCUT2D eigenvalue weighted by Crippen LogP contribution is 2.17. The molecule has 1 aliphatic carbocycles. The molecule has 1 aromatic heterocycles. The molecule has 0 unspecified atom stereocenters. The fourth-order valence-corrected chi connectivity index (χ4v) is 2.76. The van der Waals surface area contributed by atoms with E-state index >= 15 is 0 Å². The quantitative estimate of drug-likeness (QED) is 0.804. The van der Waals surface area contributed by atoms with Gasteiger partial charge in [-0.25, -0.2) is 4.79 Å². The Hall–Kier alpha value is -2.04. The molecule has 0 spiro atoms. The van der Waals surface area contributed by atoms with Gasteiger partial charge in [-0.1, -0.05) is 31.4 Å². The molecule has 1 aliphatic rings. The van der Waals surface area contributed by atoms with Crippen LogP contribution in [0, 0.1) is 0 Å². The number of H-pyrrole nitrogens is 1. The van der Waals surface area contributed by atoms with Gasteiger partial charge in [-0.2, -0.15) is 5.10 Å². The van der Waals surface area contributed by atoms with E-state index in [1.807, 2.05) is 18.2 Å². The maximum absolute atomic E-state index is 11.9. The van der Waals surface area contributed by atoms with Crippen LogP contribution in [-0.2, 0) is 6.54 Å². The Morgan fingerprint density at radius 3 is 3.00 bits per heavy atom. The third-order valence-electron chi connectivity index (χ3n) is 3.90. The van der Waals surface area contributed by atoms with E-state index in [1.165, 1.54) is 19.3 Å². The molecule has 20 heavy (non-hydrogen) atoms. The first-order valence-corrected chi connectivity index (χ1v) is 7.27. The maximum Gasteiger partial charge on any atom is 0.315 e. The molecule has 0 radical (unpaired) electrons. The van der Waals surface area contributed by atoms with Crippen LogP contribution in [0.1, 0.15) is 37.7 Å². The Labute approximate surface area is 118 Å². The molecule has 1 saturated carbocycles. The van der Waals surface area contributed by atoms with Gasteiger partial charge in [-0.05, 0) is 24.5 Å². The number of amides is 2. The van der Waals surface area contributed by atoms with Crippen molar-refractivity contribution in [1.82, 2.24) is 20.8 Å².